The smallest absolute Gasteiger partial charge is 0.251 e. The highest BCUT2D eigenvalue weighted by molar-refractivity contribution is 7.15. The second-order valence-corrected chi connectivity index (χ2v) is 8.53. The number of hydrogen-bond acceptors (Lipinski definition) is 3. The lowest BCUT2D eigenvalue weighted by atomic mass is 10.00. The summed E-state index contributed by atoms with van der Waals surface area (Å²) >= 11 is 1.83. The number of nitrogens with one attached hydrogen (secondary N) is 1. The van der Waals surface area contributed by atoms with E-state index in [0.29, 0.717) is 0 Å². The van der Waals surface area contributed by atoms with Crippen molar-refractivity contribution in [3.8, 4) is 10.4 Å². The van der Waals surface area contributed by atoms with E-state index in [4.69, 9.17) is 0 Å². The number of rotatable bonds is 5. The van der Waals surface area contributed by atoms with Crippen molar-refractivity contribution in [3.05, 3.63) is 86.7 Å². The van der Waals surface area contributed by atoms with Crippen molar-refractivity contribution >= 4 is 16.9 Å². The minimum atomic E-state index is 0.0369. The molecule has 0 fully saturated rings. The molecule has 0 unspecified atom stereocenters. The van der Waals surface area contributed by atoms with Crippen molar-refractivity contribution in [2.24, 2.45) is 0 Å². The van der Waals surface area contributed by atoms with Crippen LogP contribution in [0.2, 0.25) is 0 Å². The molecule has 0 spiro atoms. The summed E-state index contributed by atoms with van der Waals surface area (Å²) in [5, 5.41) is 0. The molecular weight excluding hydrogens is 364 g/mol. The molecule has 0 bridgehead atoms. The largest absolute Gasteiger partial charge is 0.326 e. The van der Waals surface area contributed by atoms with E-state index in [0.717, 1.165) is 49.3 Å². The average molecular weight is 391 g/mol. The summed E-state index contributed by atoms with van der Waals surface area (Å²) in [6, 6.07) is 17.2. The molecule has 28 heavy (non-hydrogen) atoms. The van der Waals surface area contributed by atoms with Crippen molar-refractivity contribution in [2.75, 3.05) is 13.1 Å². The maximum Gasteiger partial charge on any atom is 0.251 e. The maximum absolute atomic E-state index is 12.0. The lowest BCUT2D eigenvalue weighted by Gasteiger charge is -2.26. The van der Waals surface area contributed by atoms with Crippen LogP contribution in [0.4, 0.5) is 0 Å². The molecule has 0 amide bonds. The van der Waals surface area contributed by atoms with Crippen LogP contribution in [0.15, 0.2) is 59.4 Å². The van der Waals surface area contributed by atoms with Crippen LogP contribution in [0, 0.1) is 6.92 Å². The summed E-state index contributed by atoms with van der Waals surface area (Å²) in [5.41, 5.74) is 5.79. The Labute approximate surface area is 170 Å². The quantitative estimate of drug-likeness (QED) is 0.645. The highest BCUT2D eigenvalue weighted by atomic mass is 32.1. The third kappa shape index (κ3) is 4.03. The van der Waals surface area contributed by atoms with E-state index in [1.165, 1.54) is 20.9 Å². The first-order chi connectivity index (χ1) is 13.6. The van der Waals surface area contributed by atoms with Crippen molar-refractivity contribution in [1.82, 2.24) is 9.88 Å². The second kappa shape index (κ2) is 8.29. The van der Waals surface area contributed by atoms with E-state index in [1.54, 1.807) is 0 Å². The van der Waals surface area contributed by atoms with E-state index in [1.807, 2.05) is 25.2 Å². The van der Waals surface area contributed by atoms with Gasteiger partial charge in [-0.2, -0.15) is 0 Å². The Morgan fingerprint density at radius 3 is 2.68 bits per heavy atom. The number of thiophene rings is 1. The molecule has 3 heterocycles. The topological polar surface area (TPSA) is 36.1 Å². The molecule has 0 atom stereocenters. The summed E-state index contributed by atoms with van der Waals surface area (Å²) in [4.78, 5) is 20.1. The Balaban J connectivity index is 1.46. The van der Waals surface area contributed by atoms with Gasteiger partial charge in [-0.3, -0.25) is 9.69 Å². The number of pyridine rings is 1. The molecular formula is C24H26N2OS. The van der Waals surface area contributed by atoms with Crippen LogP contribution >= 0.6 is 11.3 Å². The van der Waals surface area contributed by atoms with Gasteiger partial charge in [0, 0.05) is 46.2 Å². The van der Waals surface area contributed by atoms with Crippen LogP contribution in [0.25, 0.3) is 16.0 Å². The molecule has 3 nitrogen and oxygen atoms in total. The molecule has 1 N–H and O–H groups in total. The molecule has 3 aromatic rings. The summed E-state index contributed by atoms with van der Waals surface area (Å²) in [7, 11) is 0. The van der Waals surface area contributed by atoms with E-state index >= 15 is 0 Å². The van der Waals surface area contributed by atoms with Gasteiger partial charge in [0.1, 0.15) is 0 Å². The van der Waals surface area contributed by atoms with Gasteiger partial charge in [-0.25, -0.2) is 0 Å². The Kier molecular flexibility index (Phi) is 5.60. The van der Waals surface area contributed by atoms with Gasteiger partial charge in [0.05, 0.1) is 0 Å². The van der Waals surface area contributed by atoms with Gasteiger partial charge >= 0.3 is 0 Å². The molecule has 1 aliphatic rings. The summed E-state index contributed by atoms with van der Waals surface area (Å²) in [6.07, 6.45) is 4.22. The molecule has 0 saturated heterocycles. The lowest BCUT2D eigenvalue weighted by molar-refractivity contribution is 0.296. The third-order valence-corrected chi connectivity index (χ3v) is 6.54. The van der Waals surface area contributed by atoms with Crippen LogP contribution in [-0.4, -0.2) is 23.0 Å². The van der Waals surface area contributed by atoms with E-state index in [2.05, 4.69) is 64.5 Å². The van der Waals surface area contributed by atoms with Gasteiger partial charge in [0.2, 0.25) is 0 Å². The predicted molar refractivity (Wildman–Crippen MR) is 119 cm³/mol. The highest BCUT2D eigenvalue weighted by Crippen LogP contribution is 2.31. The van der Waals surface area contributed by atoms with Crippen LogP contribution in [-0.2, 0) is 13.0 Å². The number of nitrogens with zero attached hydrogens (tertiary/aromatic N) is 1. The Hall–Kier alpha value is -2.43. The van der Waals surface area contributed by atoms with Crippen molar-refractivity contribution in [1.29, 1.82) is 0 Å². The zero-order chi connectivity index (χ0) is 19.5. The molecule has 2 aromatic heterocycles. The summed E-state index contributed by atoms with van der Waals surface area (Å²) in [6.45, 7) is 7.07. The minimum absolute atomic E-state index is 0.0369. The predicted octanol–water partition coefficient (Wildman–Crippen LogP) is 5.26. The molecule has 1 aliphatic heterocycles. The van der Waals surface area contributed by atoms with Gasteiger partial charge in [-0.1, -0.05) is 43.3 Å². The van der Waals surface area contributed by atoms with Crippen LogP contribution < -0.4 is 5.56 Å². The van der Waals surface area contributed by atoms with Gasteiger partial charge in [0.15, 0.2) is 0 Å². The monoisotopic (exact) mass is 390 g/mol. The van der Waals surface area contributed by atoms with Crippen molar-refractivity contribution < 1.29 is 0 Å². The third-order valence-electron chi connectivity index (χ3n) is 5.44. The number of benzene rings is 1. The van der Waals surface area contributed by atoms with Gasteiger partial charge in [-0.15, -0.1) is 11.3 Å². The minimum Gasteiger partial charge on any atom is -0.326 e. The molecule has 4 rings (SSSR count). The molecule has 0 radical (unpaired) electrons. The Bertz CT molecular complexity index is 1050. The SMILES string of the molecule is CCc1cc(-c2ccc(CN3CC=C(c4ccccc4)CC3)s2)c(C)[nH]c1=O. The number of H-pyrrole nitrogens is 1. The van der Waals surface area contributed by atoms with Gasteiger partial charge in [0.25, 0.3) is 5.56 Å². The summed E-state index contributed by atoms with van der Waals surface area (Å²) in [5.74, 6) is 0. The fourth-order valence-corrected chi connectivity index (χ4v) is 4.91. The zero-order valence-electron chi connectivity index (χ0n) is 16.5. The molecule has 1 aromatic carbocycles. The molecule has 4 heteroatoms. The first-order valence-corrected chi connectivity index (χ1v) is 10.7. The number of aromatic nitrogens is 1. The maximum atomic E-state index is 12.0. The van der Waals surface area contributed by atoms with Crippen LogP contribution in [0.3, 0.4) is 0 Å². The number of hydrogen-bond donors (Lipinski definition) is 1. The fraction of sp³-hybridized carbons (Fsp3) is 0.292. The summed E-state index contributed by atoms with van der Waals surface area (Å²) < 4.78 is 0. The van der Waals surface area contributed by atoms with Gasteiger partial charge < -0.3 is 4.98 Å². The first-order valence-electron chi connectivity index (χ1n) is 9.92. The standard InChI is InChI=1S/C24H26N2OS/c1-3-18-15-22(17(2)25-24(18)27)23-10-9-21(28-23)16-26-13-11-20(12-14-26)19-7-5-4-6-8-19/h4-11,15H,3,12-14,16H2,1-2H3,(H,25,27). The van der Waals surface area contributed by atoms with E-state index < -0.39 is 0 Å². The molecule has 0 saturated carbocycles. The van der Waals surface area contributed by atoms with Crippen molar-refractivity contribution in [2.45, 2.75) is 33.2 Å². The average Bonchev–Trinajstić information content (AvgIpc) is 3.17. The van der Waals surface area contributed by atoms with Gasteiger partial charge in [-0.05, 0) is 49.1 Å². The van der Waals surface area contributed by atoms with Crippen molar-refractivity contribution in [3.63, 3.8) is 0 Å². The van der Waals surface area contributed by atoms with E-state index in [9.17, 15) is 4.79 Å². The lowest BCUT2D eigenvalue weighted by Crippen LogP contribution is -2.27. The highest BCUT2D eigenvalue weighted by Gasteiger charge is 2.15. The van der Waals surface area contributed by atoms with Crippen LogP contribution in [0.1, 0.15) is 35.0 Å². The Morgan fingerprint density at radius 1 is 1.14 bits per heavy atom. The molecule has 144 valence electrons. The fourth-order valence-electron chi connectivity index (χ4n) is 3.78. The molecule has 0 aliphatic carbocycles. The van der Waals surface area contributed by atoms with Crippen LogP contribution in [0.5, 0.6) is 0 Å². The number of aromatic amines is 1. The second-order valence-electron chi connectivity index (χ2n) is 7.36. The number of aryl methyl sites for hydroxylation is 2. The van der Waals surface area contributed by atoms with E-state index in [-0.39, 0.29) is 5.56 Å². The first kappa shape index (κ1) is 18.9. The normalized spacial score (nSPS) is 14.9. The zero-order valence-corrected chi connectivity index (χ0v) is 17.3. The Morgan fingerprint density at radius 2 is 1.96 bits per heavy atom.